The molecule has 0 radical (unpaired) electrons. The molecule has 22 heavy (non-hydrogen) atoms. The average Bonchev–Trinajstić information content (AvgIpc) is 3.09. The molecule has 2 fully saturated rings. The zero-order chi connectivity index (χ0) is 14.4. The summed E-state index contributed by atoms with van der Waals surface area (Å²) < 4.78 is 0. The molecule has 3 unspecified atom stereocenters. The highest BCUT2D eigenvalue weighted by atomic mass is 35.5. The van der Waals surface area contributed by atoms with Gasteiger partial charge in [0.25, 0.3) is 0 Å². The minimum atomic E-state index is 0. The van der Waals surface area contributed by atoms with Crippen LogP contribution in [0.15, 0.2) is 18.2 Å². The number of nitrogens with one attached hydrogen (secondary N) is 1. The Kier molecular flexibility index (Phi) is 4.67. The fourth-order valence-corrected chi connectivity index (χ4v) is 4.45. The SMILES string of the molecule is Cl.O=C(C1CC2CCCCC2N1)N1CCc2ccc(Cl)cc21. The second kappa shape index (κ2) is 6.38. The summed E-state index contributed by atoms with van der Waals surface area (Å²) in [6, 6.07) is 6.46. The summed E-state index contributed by atoms with van der Waals surface area (Å²) in [7, 11) is 0. The van der Waals surface area contributed by atoms with Crippen molar-refractivity contribution in [1.29, 1.82) is 0 Å². The Morgan fingerprint density at radius 3 is 2.91 bits per heavy atom. The molecule has 1 saturated carbocycles. The van der Waals surface area contributed by atoms with Crippen molar-refractivity contribution in [3.05, 3.63) is 28.8 Å². The molecule has 3 aliphatic rings. The summed E-state index contributed by atoms with van der Waals surface area (Å²) >= 11 is 6.10. The molecular weight excluding hydrogens is 319 g/mol. The van der Waals surface area contributed by atoms with Crippen LogP contribution in [-0.4, -0.2) is 24.5 Å². The van der Waals surface area contributed by atoms with Crippen LogP contribution in [-0.2, 0) is 11.2 Å². The van der Waals surface area contributed by atoms with E-state index in [-0.39, 0.29) is 24.4 Å². The lowest BCUT2D eigenvalue weighted by Gasteiger charge is -2.24. The Labute approximate surface area is 142 Å². The van der Waals surface area contributed by atoms with Crippen molar-refractivity contribution < 1.29 is 4.79 Å². The molecule has 0 bridgehead atoms. The van der Waals surface area contributed by atoms with E-state index < -0.39 is 0 Å². The van der Waals surface area contributed by atoms with Crippen molar-refractivity contribution in [2.24, 2.45) is 5.92 Å². The first-order chi connectivity index (χ1) is 10.2. The number of hydrogen-bond acceptors (Lipinski definition) is 2. The number of nitrogens with zero attached hydrogens (tertiary/aromatic N) is 1. The van der Waals surface area contributed by atoms with Crippen LogP contribution in [0.5, 0.6) is 0 Å². The van der Waals surface area contributed by atoms with E-state index in [1.807, 2.05) is 23.1 Å². The van der Waals surface area contributed by atoms with E-state index in [1.54, 1.807) is 0 Å². The van der Waals surface area contributed by atoms with Crippen molar-refractivity contribution >= 4 is 35.6 Å². The Morgan fingerprint density at radius 2 is 2.09 bits per heavy atom. The van der Waals surface area contributed by atoms with E-state index in [2.05, 4.69) is 5.32 Å². The highest BCUT2D eigenvalue weighted by molar-refractivity contribution is 6.31. The lowest BCUT2D eigenvalue weighted by molar-refractivity contribution is -0.120. The first-order valence-corrected chi connectivity index (χ1v) is 8.46. The maximum Gasteiger partial charge on any atom is 0.244 e. The second-order valence-electron chi connectivity index (χ2n) is 6.62. The minimum absolute atomic E-state index is 0. The van der Waals surface area contributed by atoms with Crippen LogP contribution in [0.25, 0.3) is 0 Å². The molecule has 1 aromatic carbocycles. The van der Waals surface area contributed by atoms with Gasteiger partial charge in [-0.2, -0.15) is 0 Å². The lowest BCUT2D eigenvalue weighted by atomic mass is 9.85. The third-order valence-corrected chi connectivity index (χ3v) is 5.60. The Balaban J connectivity index is 0.00000144. The van der Waals surface area contributed by atoms with Crippen molar-refractivity contribution in [2.45, 2.75) is 50.6 Å². The van der Waals surface area contributed by atoms with E-state index in [9.17, 15) is 4.79 Å². The molecule has 1 amide bonds. The zero-order valence-electron chi connectivity index (χ0n) is 12.6. The summed E-state index contributed by atoms with van der Waals surface area (Å²) in [6.07, 6.45) is 7.09. The van der Waals surface area contributed by atoms with Crippen molar-refractivity contribution in [3.63, 3.8) is 0 Å². The summed E-state index contributed by atoms with van der Waals surface area (Å²) in [5, 5.41) is 4.30. The molecule has 2 heterocycles. The number of hydrogen-bond donors (Lipinski definition) is 1. The smallest absolute Gasteiger partial charge is 0.244 e. The molecule has 120 valence electrons. The monoisotopic (exact) mass is 340 g/mol. The van der Waals surface area contributed by atoms with Gasteiger partial charge in [0.05, 0.1) is 6.04 Å². The molecule has 0 spiro atoms. The Hall–Kier alpha value is -0.770. The van der Waals surface area contributed by atoms with Crippen molar-refractivity contribution in [1.82, 2.24) is 5.32 Å². The maximum absolute atomic E-state index is 12.9. The second-order valence-corrected chi connectivity index (χ2v) is 7.06. The van der Waals surface area contributed by atoms with Crippen LogP contribution in [0, 0.1) is 5.92 Å². The van der Waals surface area contributed by atoms with Gasteiger partial charge < -0.3 is 10.2 Å². The molecule has 1 aliphatic carbocycles. The van der Waals surface area contributed by atoms with E-state index >= 15 is 0 Å². The molecule has 4 rings (SSSR count). The number of carbonyl (C=O) groups excluding carboxylic acids is 1. The van der Waals surface area contributed by atoms with Gasteiger partial charge >= 0.3 is 0 Å². The van der Waals surface area contributed by atoms with Gasteiger partial charge in [0.1, 0.15) is 0 Å². The summed E-state index contributed by atoms with van der Waals surface area (Å²) in [4.78, 5) is 14.8. The normalized spacial score (nSPS) is 29.7. The predicted molar refractivity (Wildman–Crippen MR) is 92.0 cm³/mol. The van der Waals surface area contributed by atoms with Gasteiger partial charge in [-0.3, -0.25) is 4.79 Å². The number of rotatable bonds is 1. The van der Waals surface area contributed by atoms with Gasteiger partial charge in [-0.1, -0.05) is 30.5 Å². The minimum Gasteiger partial charge on any atom is -0.310 e. The molecule has 1 saturated heterocycles. The molecule has 3 atom stereocenters. The molecule has 1 N–H and O–H groups in total. The Bertz CT molecular complexity index is 564. The number of halogens is 2. The lowest BCUT2D eigenvalue weighted by Crippen LogP contribution is -2.45. The van der Waals surface area contributed by atoms with Gasteiger partial charge in [0, 0.05) is 23.3 Å². The topological polar surface area (TPSA) is 32.3 Å². The number of benzene rings is 1. The van der Waals surface area contributed by atoms with E-state index in [0.717, 1.165) is 25.1 Å². The number of anilines is 1. The zero-order valence-corrected chi connectivity index (χ0v) is 14.1. The first kappa shape index (κ1) is 16.1. The summed E-state index contributed by atoms with van der Waals surface area (Å²) in [5.41, 5.74) is 2.26. The maximum atomic E-state index is 12.9. The van der Waals surface area contributed by atoms with Gasteiger partial charge in [-0.25, -0.2) is 0 Å². The number of fused-ring (bicyclic) bond motifs is 2. The van der Waals surface area contributed by atoms with Gasteiger partial charge in [-0.15, -0.1) is 12.4 Å². The van der Waals surface area contributed by atoms with Crippen LogP contribution < -0.4 is 10.2 Å². The van der Waals surface area contributed by atoms with Crippen LogP contribution >= 0.6 is 24.0 Å². The van der Waals surface area contributed by atoms with E-state index in [0.29, 0.717) is 17.0 Å². The molecule has 3 nitrogen and oxygen atoms in total. The highest BCUT2D eigenvalue weighted by Gasteiger charge is 2.40. The molecular formula is C17H22Cl2N2O. The number of carbonyl (C=O) groups is 1. The highest BCUT2D eigenvalue weighted by Crippen LogP contribution is 2.36. The van der Waals surface area contributed by atoms with E-state index in [4.69, 9.17) is 11.6 Å². The third kappa shape index (κ3) is 2.75. The van der Waals surface area contributed by atoms with Crippen LogP contribution in [0.4, 0.5) is 5.69 Å². The summed E-state index contributed by atoms with van der Waals surface area (Å²) in [5.74, 6) is 0.944. The van der Waals surface area contributed by atoms with Gasteiger partial charge in [0.2, 0.25) is 5.91 Å². The largest absolute Gasteiger partial charge is 0.310 e. The fraction of sp³-hybridized carbons (Fsp3) is 0.588. The molecule has 0 aromatic heterocycles. The molecule has 5 heteroatoms. The quantitative estimate of drug-likeness (QED) is 0.847. The van der Waals surface area contributed by atoms with Gasteiger partial charge in [0.15, 0.2) is 0 Å². The standard InChI is InChI=1S/C17H21ClN2O.ClH/c18-13-6-5-11-7-8-20(16(11)10-13)17(21)15-9-12-3-1-2-4-14(12)19-15;/h5-6,10,12,14-15,19H,1-4,7-9H2;1H. The molecule has 2 aliphatic heterocycles. The molecule has 1 aromatic rings. The van der Waals surface area contributed by atoms with Crippen molar-refractivity contribution in [3.8, 4) is 0 Å². The van der Waals surface area contributed by atoms with Crippen LogP contribution in [0.1, 0.15) is 37.7 Å². The third-order valence-electron chi connectivity index (χ3n) is 5.37. The number of amides is 1. The first-order valence-electron chi connectivity index (χ1n) is 8.08. The van der Waals surface area contributed by atoms with Crippen LogP contribution in [0.2, 0.25) is 5.02 Å². The van der Waals surface area contributed by atoms with Gasteiger partial charge in [-0.05, 0) is 49.3 Å². The average molecular weight is 341 g/mol. The van der Waals surface area contributed by atoms with Crippen LogP contribution in [0.3, 0.4) is 0 Å². The Morgan fingerprint density at radius 1 is 1.27 bits per heavy atom. The van der Waals surface area contributed by atoms with Crippen molar-refractivity contribution in [2.75, 3.05) is 11.4 Å². The fourth-order valence-electron chi connectivity index (χ4n) is 4.28. The summed E-state index contributed by atoms with van der Waals surface area (Å²) in [6.45, 7) is 0.794. The predicted octanol–water partition coefficient (Wildman–Crippen LogP) is 3.57. The van der Waals surface area contributed by atoms with E-state index in [1.165, 1.54) is 31.2 Å².